The molecule has 1 aromatic heterocycles. The summed E-state index contributed by atoms with van der Waals surface area (Å²) < 4.78 is 1.07. The molecular formula is C17H16BrN3. The summed E-state index contributed by atoms with van der Waals surface area (Å²) >= 11 is 3.50. The minimum atomic E-state index is -0.0639. The summed E-state index contributed by atoms with van der Waals surface area (Å²) in [6.45, 7) is 2.09. The number of aryl methyl sites for hydroxylation is 1. The van der Waals surface area contributed by atoms with Crippen molar-refractivity contribution in [1.82, 2.24) is 10.4 Å². The molecule has 106 valence electrons. The summed E-state index contributed by atoms with van der Waals surface area (Å²) in [5.74, 6) is 5.85. The fourth-order valence-electron chi connectivity index (χ4n) is 2.69. The minimum absolute atomic E-state index is 0.0639. The zero-order valence-electron chi connectivity index (χ0n) is 11.7. The molecule has 3 aromatic rings. The van der Waals surface area contributed by atoms with E-state index in [2.05, 4.69) is 57.5 Å². The molecule has 0 fully saturated rings. The molecule has 0 aliphatic heterocycles. The van der Waals surface area contributed by atoms with Crippen LogP contribution in [0.25, 0.3) is 10.9 Å². The number of halogens is 1. The maximum absolute atomic E-state index is 5.85. The quantitative estimate of drug-likeness (QED) is 0.561. The third-order valence-electron chi connectivity index (χ3n) is 3.70. The van der Waals surface area contributed by atoms with Crippen molar-refractivity contribution < 1.29 is 0 Å². The number of rotatable bonds is 3. The van der Waals surface area contributed by atoms with E-state index in [-0.39, 0.29) is 6.04 Å². The van der Waals surface area contributed by atoms with Crippen LogP contribution in [0.15, 0.2) is 59.2 Å². The topological polar surface area (TPSA) is 50.9 Å². The highest BCUT2D eigenvalue weighted by Gasteiger charge is 2.17. The van der Waals surface area contributed by atoms with Crippen LogP contribution < -0.4 is 11.3 Å². The summed E-state index contributed by atoms with van der Waals surface area (Å²) in [4.78, 5) is 4.41. The fourth-order valence-corrected chi connectivity index (χ4v) is 3.16. The van der Waals surface area contributed by atoms with Gasteiger partial charge in [-0.15, -0.1) is 0 Å². The highest BCUT2D eigenvalue weighted by molar-refractivity contribution is 9.10. The van der Waals surface area contributed by atoms with Crippen LogP contribution in [0.4, 0.5) is 0 Å². The van der Waals surface area contributed by atoms with Gasteiger partial charge in [0.25, 0.3) is 0 Å². The van der Waals surface area contributed by atoms with Crippen LogP contribution >= 0.6 is 15.9 Å². The van der Waals surface area contributed by atoms with Crippen LogP contribution in [-0.2, 0) is 0 Å². The monoisotopic (exact) mass is 341 g/mol. The Hall–Kier alpha value is -1.75. The number of benzene rings is 2. The van der Waals surface area contributed by atoms with E-state index in [0.717, 1.165) is 26.5 Å². The molecule has 4 heteroatoms. The standard InChI is InChI=1S/C17H16BrN3/c1-11-10-12(18)7-8-13(11)17(21-19)15-4-2-6-16-14(15)5-3-9-20-16/h2-10,17,21H,19H2,1H3. The Labute approximate surface area is 132 Å². The van der Waals surface area contributed by atoms with Crippen LogP contribution in [0.2, 0.25) is 0 Å². The van der Waals surface area contributed by atoms with Crippen molar-refractivity contribution in [2.45, 2.75) is 13.0 Å². The second-order valence-electron chi connectivity index (χ2n) is 5.02. The predicted octanol–water partition coefficient (Wildman–Crippen LogP) is 3.86. The third-order valence-corrected chi connectivity index (χ3v) is 4.19. The van der Waals surface area contributed by atoms with Gasteiger partial charge in [0.1, 0.15) is 0 Å². The maximum atomic E-state index is 5.85. The van der Waals surface area contributed by atoms with Gasteiger partial charge in [-0.1, -0.05) is 40.2 Å². The summed E-state index contributed by atoms with van der Waals surface area (Å²) in [6.07, 6.45) is 1.81. The predicted molar refractivity (Wildman–Crippen MR) is 89.8 cm³/mol. The molecule has 1 heterocycles. The molecule has 0 bridgehead atoms. The smallest absolute Gasteiger partial charge is 0.0719 e. The molecule has 0 aliphatic rings. The van der Waals surface area contributed by atoms with E-state index in [1.165, 1.54) is 5.56 Å². The molecule has 0 saturated carbocycles. The first-order valence-corrected chi connectivity index (χ1v) is 7.56. The molecule has 0 saturated heterocycles. The number of nitrogens with zero attached hydrogens (tertiary/aromatic N) is 1. The third kappa shape index (κ3) is 2.70. The molecule has 3 nitrogen and oxygen atoms in total. The van der Waals surface area contributed by atoms with Gasteiger partial charge in [0.05, 0.1) is 11.6 Å². The Morgan fingerprint density at radius 2 is 1.95 bits per heavy atom. The number of nitrogens with one attached hydrogen (secondary N) is 1. The molecule has 0 radical (unpaired) electrons. The number of aromatic nitrogens is 1. The average Bonchev–Trinajstić information content (AvgIpc) is 2.50. The molecule has 0 aliphatic carbocycles. The SMILES string of the molecule is Cc1cc(Br)ccc1C(NN)c1cccc2ncccc12. The van der Waals surface area contributed by atoms with Crippen LogP contribution in [0.5, 0.6) is 0 Å². The number of hydrogen-bond donors (Lipinski definition) is 2. The van der Waals surface area contributed by atoms with Gasteiger partial charge in [0.2, 0.25) is 0 Å². The summed E-state index contributed by atoms with van der Waals surface area (Å²) in [7, 11) is 0. The molecule has 1 unspecified atom stereocenters. The van der Waals surface area contributed by atoms with Crippen LogP contribution in [0.1, 0.15) is 22.7 Å². The van der Waals surface area contributed by atoms with Gasteiger partial charge >= 0.3 is 0 Å². The van der Waals surface area contributed by atoms with E-state index in [1.807, 2.05) is 30.5 Å². The Morgan fingerprint density at radius 1 is 1.10 bits per heavy atom. The maximum Gasteiger partial charge on any atom is 0.0719 e. The Kier molecular flexibility index (Phi) is 4.01. The lowest BCUT2D eigenvalue weighted by molar-refractivity contribution is 0.637. The first-order valence-electron chi connectivity index (χ1n) is 6.76. The van der Waals surface area contributed by atoms with Crippen molar-refractivity contribution in [3.63, 3.8) is 0 Å². The largest absolute Gasteiger partial charge is 0.271 e. The van der Waals surface area contributed by atoms with E-state index < -0.39 is 0 Å². The minimum Gasteiger partial charge on any atom is -0.271 e. The van der Waals surface area contributed by atoms with Gasteiger partial charge in [-0.05, 0) is 47.9 Å². The fraction of sp³-hybridized carbons (Fsp3) is 0.118. The van der Waals surface area contributed by atoms with E-state index in [1.54, 1.807) is 0 Å². The van der Waals surface area contributed by atoms with E-state index >= 15 is 0 Å². The number of hydrazine groups is 1. The first kappa shape index (κ1) is 14.2. The van der Waals surface area contributed by atoms with E-state index in [9.17, 15) is 0 Å². The van der Waals surface area contributed by atoms with Gasteiger partial charge in [-0.25, -0.2) is 5.43 Å². The molecule has 3 N–H and O–H groups in total. The van der Waals surface area contributed by atoms with Crippen molar-refractivity contribution in [3.8, 4) is 0 Å². The van der Waals surface area contributed by atoms with Gasteiger partial charge < -0.3 is 0 Å². The zero-order valence-corrected chi connectivity index (χ0v) is 13.3. The normalized spacial score (nSPS) is 12.5. The summed E-state index contributed by atoms with van der Waals surface area (Å²) in [6, 6.07) is 16.3. The lowest BCUT2D eigenvalue weighted by atomic mass is 9.93. The van der Waals surface area contributed by atoms with Gasteiger partial charge in [-0.3, -0.25) is 10.8 Å². The Balaban J connectivity index is 2.18. The molecule has 0 amide bonds. The van der Waals surface area contributed by atoms with E-state index in [0.29, 0.717) is 0 Å². The zero-order chi connectivity index (χ0) is 14.8. The van der Waals surface area contributed by atoms with Gasteiger partial charge in [0, 0.05) is 16.1 Å². The Bertz CT molecular complexity index is 781. The second-order valence-corrected chi connectivity index (χ2v) is 5.93. The summed E-state index contributed by atoms with van der Waals surface area (Å²) in [5, 5.41) is 1.12. The molecule has 21 heavy (non-hydrogen) atoms. The van der Waals surface area contributed by atoms with Crippen molar-refractivity contribution in [2.75, 3.05) is 0 Å². The number of nitrogens with two attached hydrogens (primary N) is 1. The van der Waals surface area contributed by atoms with Gasteiger partial charge in [0.15, 0.2) is 0 Å². The Morgan fingerprint density at radius 3 is 2.71 bits per heavy atom. The van der Waals surface area contributed by atoms with Crippen LogP contribution in [0, 0.1) is 6.92 Å². The number of hydrogen-bond acceptors (Lipinski definition) is 3. The van der Waals surface area contributed by atoms with Gasteiger partial charge in [-0.2, -0.15) is 0 Å². The molecule has 0 spiro atoms. The molecular weight excluding hydrogens is 326 g/mol. The average molecular weight is 342 g/mol. The summed E-state index contributed by atoms with van der Waals surface area (Å²) in [5.41, 5.74) is 7.41. The first-order chi connectivity index (χ1) is 10.2. The molecule has 3 rings (SSSR count). The highest BCUT2D eigenvalue weighted by Crippen LogP contribution is 2.30. The van der Waals surface area contributed by atoms with Crippen LogP contribution in [-0.4, -0.2) is 4.98 Å². The second kappa shape index (κ2) is 5.93. The number of pyridine rings is 1. The van der Waals surface area contributed by atoms with E-state index in [4.69, 9.17) is 5.84 Å². The van der Waals surface area contributed by atoms with Crippen LogP contribution in [0.3, 0.4) is 0 Å². The lowest BCUT2D eigenvalue weighted by Crippen LogP contribution is -2.29. The number of fused-ring (bicyclic) bond motifs is 1. The highest BCUT2D eigenvalue weighted by atomic mass is 79.9. The lowest BCUT2D eigenvalue weighted by Gasteiger charge is -2.21. The van der Waals surface area contributed by atoms with Crippen molar-refractivity contribution in [1.29, 1.82) is 0 Å². The van der Waals surface area contributed by atoms with Crippen molar-refractivity contribution in [2.24, 2.45) is 5.84 Å². The molecule has 1 atom stereocenters. The van der Waals surface area contributed by atoms with Crippen molar-refractivity contribution >= 4 is 26.8 Å². The molecule has 2 aromatic carbocycles. The van der Waals surface area contributed by atoms with Crippen molar-refractivity contribution in [3.05, 3.63) is 75.9 Å².